The van der Waals surface area contributed by atoms with Gasteiger partial charge in [0.15, 0.2) is 5.82 Å². The fourth-order valence-electron chi connectivity index (χ4n) is 1.47. The molecule has 1 unspecified atom stereocenters. The molecule has 0 aliphatic rings. The SMILES string of the molecule is CC(C)CC(O)Cc1nc(C(C)(C)C)no1. The zero-order valence-electron chi connectivity index (χ0n) is 10.8. The van der Waals surface area contributed by atoms with Crippen molar-refractivity contribution in [2.24, 2.45) is 5.92 Å². The molecule has 16 heavy (non-hydrogen) atoms. The van der Waals surface area contributed by atoms with Gasteiger partial charge in [-0.3, -0.25) is 0 Å². The Hall–Kier alpha value is -0.900. The topological polar surface area (TPSA) is 59.2 Å². The van der Waals surface area contributed by atoms with Crippen molar-refractivity contribution in [3.05, 3.63) is 11.7 Å². The number of aliphatic hydroxyl groups is 1. The lowest BCUT2D eigenvalue weighted by molar-refractivity contribution is 0.138. The third-order valence-electron chi connectivity index (χ3n) is 2.29. The Bertz CT molecular complexity index is 326. The predicted molar refractivity (Wildman–Crippen MR) is 62.2 cm³/mol. The molecule has 0 aliphatic carbocycles. The van der Waals surface area contributed by atoms with Crippen LogP contribution in [-0.4, -0.2) is 21.4 Å². The highest BCUT2D eigenvalue weighted by Crippen LogP contribution is 2.19. The van der Waals surface area contributed by atoms with Crippen LogP contribution in [0, 0.1) is 5.92 Å². The van der Waals surface area contributed by atoms with Crippen molar-refractivity contribution in [3.8, 4) is 0 Å². The Morgan fingerprint density at radius 1 is 1.31 bits per heavy atom. The number of aromatic nitrogens is 2. The molecular weight excluding hydrogens is 204 g/mol. The minimum absolute atomic E-state index is 0.106. The molecule has 1 heterocycles. The maximum absolute atomic E-state index is 9.76. The third-order valence-corrected chi connectivity index (χ3v) is 2.29. The zero-order chi connectivity index (χ0) is 12.3. The molecule has 0 saturated heterocycles. The summed E-state index contributed by atoms with van der Waals surface area (Å²) in [6.07, 6.45) is 0.808. The lowest BCUT2D eigenvalue weighted by atomic mass is 9.96. The molecule has 0 fully saturated rings. The number of hydrogen-bond acceptors (Lipinski definition) is 4. The van der Waals surface area contributed by atoms with Gasteiger partial charge < -0.3 is 9.63 Å². The standard InChI is InChI=1S/C12H22N2O2/c1-8(2)6-9(15)7-10-13-11(14-16-10)12(3,4)5/h8-9,15H,6-7H2,1-5H3. The Balaban J connectivity index is 2.59. The molecule has 0 amide bonds. The van der Waals surface area contributed by atoms with Crippen molar-refractivity contribution in [2.45, 2.75) is 59.0 Å². The van der Waals surface area contributed by atoms with Crippen molar-refractivity contribution in [1.29, 1.82) is 0 Å². The lowest BCUT2D eigenvalue weighted by Gasteiger charge is -2.11. The van der Waals surface area contributed by atoms with Crippen LogP contribution in [0.3, 0.4) is 0 Å². The van der Waals surface area contributed by atoms with E-state index in [1.54, 1.807) is 0 Å². The molecule has 4 nitrogen and oxygen atoms in total. The molecule has 1 atom stereocenters. The molecule has 92 valence electrons. The number of rotatable bonds is 4. The Kier molecular flexibility index (Phi) is 4.08. The van der Waals surface area contributed by atoms with E-state index >= 15 is 0 Å². The van der Waals surface area contributed by atoms with E-state index in [-0.39, 0.29) is 5.41 Å². The van der Waals surface area contributed by atoms with Crippen LogP contribution in [0.2, 0.25) is 0 Å². The zero-order valence-corrected chi connectivity index (χ0v) is 10.8. The van der Waals surface area contributed by atoms with E-state index in [0.717, 1.165) is 6.42 Å². The van der Waals surface area contributed by atoms with Crippen LogP contribution in [0.15, 0.2) is 4.52 Å². The van der Waals surface area contributed by atoms with Gasteiger partial charge in [-0.05, 0) is 12.3 Å². The molecule has 4 heteroatoms. The predicted octanol–water partition coefficient (Wildman–Crippen LogP) is 2.32. The first-order chi connectivity index (χ1) is 7.29. The van der Waals surface area contributed by atoms with Crippen molar-refractivity contribution in [1.82, 2.24) is 10.1 Å². The highest BCUT2D eigenvalue weighted by Gasteiger charge is 2.22. The summed E-state index contributed by atoms with van der Waals surface area (Å²) in [7, 11) is 0. The lowest BCUT2D eigenvalue weighted by Crippen LogP contribution is -2.15. The highest BCUT2D eigenvalue weighted by molar-refractivity contribution is 5.00. The van der Waals surface area contributed by atoms with Gasteiger partial charge in [-0.1, -0.05) is 39.8 Å². The fourth-order valence-corrected chi connectivity index (χ4v) is 1.47. The van der Waals surface area contributed by atoms with E-state index in [4.69, 9.17) is 4.52 Å². The molecule has 0 radical (unpaired) electrons. The van der Waals surface area contributed by atoms with Gasteiger partial charge in [0.1, 0.15) is 0 Å². The Labute approximate surface area is 97.1 Å². The summed E-state index contributed by atoms with van der Waals surface area (Å²) in [6.45, 7) is 10.3. The summed E-state index contributed by atoms with van der Waals surface area (Å²) < 4.78 is 5.12. The van der Waals surface area contributed by atoms with E-state index in [0.29, 0.717) is 24.1 Å². The van der Waals surface area contributed by atoms with E-state index in [2.05, 4.69) is 24.0 Å². The molecule has 1 aromatic heterocycles. The smallest absolute Gasteiger partial charge is 0.229 e. The first kappa shape index (κ1) is 13.2. The average Bonchev–Trinajstić information content (AvgIpc) is 2.49. The molecule has 0 aliphatic heterocycles. The van der Waals surface area contributed by atoms with Crippen molar-refractivity contribution >= 4 is 0 Å². The molecule has 0 aromatic carbocycles. The van der Waals surface area contributed by atoms with Crippen LogP contribution < -0.4 is 0 Å². The van der Waals surface area contributed by atoms with E-state index in [1.165, 1.54) is 0 Å². The maximum atomic E-state index is 9.76. The summed E-state index contributed by atoms with van der Waals surface area (Å²) >= 11 is 0. The van der Waals surface area contributed by atoms with Gasteiger partial charge in [0, 0.05) is 5.41 Å². The fraction of sp³-hybridized carbons (Fsp3) is 0.833. The first-order valence-corrected chi connectivity index (χ1v) is 5.80. The van der Waals surface area contributed by atoms with Crippen LogP contribution in [-0.2, 0) is 11.8 Å². The third kappa shape index (κ3) is 3.93. The highest BCUT2D eigenvalue weighted by atomic mass is 16.5. The second-order valence-electron chi connectivity index (χ2n) is 5.75. The van der Waals surface area contributed by atoms with Crippen LogP contribution >= 0.6 is 0 Å². The first-order valence-electron chi connectivity index (χ1n) is 5.80. The van der Waals surface area contributed by atoms with Crippen molar-refractivity contribution < 1.29 is 9.63 Å². The average molecular weight is 226 g/mol. The molecule has 0 bridgehead atoms. The van der Waals surface area contributed by atoms with E-state index in [9.17, 15) is 5.11 Å². The van der Waals surface area contributed by atoms with E-state index < -0.39 is 6.10 Å². The van der Waals surface area contributed by atoms with Crippen LogP contribution in [0.4, 0.5) is 0 Å². The van der Waals surface area contributed by atoms with Crippen LogP contribution in [0.1, 0.15) is 52.8 Å². The van der Waals surface area contributed by atoms with Gasteiger partial charge in [0.05, 0.1) is 12.5 Å². The summed E-state index contributed by atoms with van der Waals surface area (Å²) in [6, 6.07) is 0. The van der Waals surface area contributed by atoms with Gasteiger partial charge in [-0.2, -0.15) is 4.98 Å². The van der Waals surface area contributed by atoms with Gasteiger partial charge >= 0.3 is 0 Å². The largest absolute Gasteiger partial charge is 0.393 e. The molecule has 1 rings (SSSR count). The molecule has 1 N–H and O–H groups in total. The van der Waals surface area contributed by atoms with Gasteiger partial charge in [-0.25, -0.2) is 0 Å². The monoisotopic (exact) mass is 226 g/mol. The number of hydrogen-bond donors (Lipinski definition) is 1. The molecule has 0 saturated carbocycles. The van der Waals surface area contributed by atoms with Crippen LogP contribution in [0.5, 0.6) is 0 Å². The summed E-state index contributed by atoms with van der Waals surface area (Å²) in [4.78, 5) is 4.29. The summed E-state index contributed by atoms with van der Waals surface area (Å²) in [5.41, 5.74) is -0.106. The minimum Gasteiger partial charge on any atom is -0.393 e. The second kappa shape index (κ2) is 4.95. The van der Waals surface area contributed by atoms with Gasteiger partial charge in [0.2, 0.25) is 5.89 Å². The normalized spacial score (nSPS) is 14.4. The molecular formula is C12H22N2O2. The summed E-state index contributed by atoms with van der Waals surface area (Å²) in [5, 5.41) is 13.7. The molecule has 0 spiro atoms. The number of nitrogens with zero attached hydrogens (tertiary/aromatic N) is 2. The second-order valence-corrected chi connectivity index (χ2v) is 5.75. The Morgan fingerprint density at radius 2 is 1.94 bits per heavy atom. The quantitative estimate of drug-likeness (QED) is 0.856. The minimum atomic E-state index is -0.395. The maximum Gasteiger partial charge on any atom is 0.229 e. The Morgan fingerprint density at radius 3 is 2.38 bits per heavy atom. The van der Waals surface area contributed by atoms with Gasteiger partial charge in [-0.15, -0.1) is 0 Å². The van der Waals surface area contributed by atoms with Crippen molar-refractivity contribution in [2.75, 3.05) is 0 Å². The molecule has 1 aromatic rings. The van der Waals surface area contributed by atoms with Crippen LogP contribution in [0.25, 0.3) is 0 Å². The van der Waals surface area contributed by atoms with Crippen molar-refractivity contribution in [3.63, 3.8) is 0 Å². The summed E-state index contributed by atoms with van der Waals surface area (Å²) in [5.74, 6) is 1.69. The number of aliphatic hydroxyl groups excluding tert-OH is 1. The van der Waals surface area contributed by atoms with Gasteiger partial charge in [0.25, 0.3) is 0 Å². The van der Waals surface area contributed by atoms with E-state index in [1.807, 2.05) is 20.8 Å².